The number of aryl methyl sites for hydroxylation is 1. The van der Waals surface area contributed by atoms with Crippen LogP contribution >= 0.6 is 0 Å². The molecule has 3 aromatic carbocycles. The molecule has 2 heterocycles. The highest BCUT2D eigenvalue weighted by molar-refractivity contribution is 5.94. The Balaban J connectivity index is 1.56. The normalized spacial score (nSPS) is 15.1. The first-order chi connectivity index (χ1) is 18.0. The summed E-state index contributed by atoms with van der Waals surface area (Å²) in [4.78, 5) is 15.3. The fourth-order valence-corrected chi connectivity index (χ4v) is 4.51. The third-order valence-electron chi connectivity index (χ3n) is 6.32. The Labute approximate surface area is 214 Å². The van der Waals surface area contributed by atoms with E-state index in [4.69, 9.17) is 14.6 Å². The number of rotatable bonds is 8. The average Bonchev–Trinajstić information content (AvgIpc) is 3.53. The Kier molecular flexibility index (Phi) is 7.28. The highest BCUT2D eigenvalue weighted by Gasteiger charge is 2.28. The van der Waals surface area contributed by atoms with E-state index in [0.29, 0.717) is 36.0 Å². The van der Waals surface area contributed by atoms with E-state index in [1.165, 1.54) is 42.5 Å². The van der Waals surface area contributed by atoms with E-state index < -0.39 is 5.82 Å². The van der Waals surface area contributed by atoms with E-state index in [1.807, 2.05) is 30.3 Å². The molecular formula is C29H27F2N3O3. The summed E-state index contributed by atoms with van der Waals surface area (Å²) < 4.78 is 41.1. The van der Waals surface area contributed by atoms with Crippen molar-refractivity contribution in [2.24, 2.45) is 7.05 Å². The monoisotopic (exact) mass is 503 g/mol. The SMILES string of the molecule is Cn1nc(-c2ccccc2)c(CN(C[C@H]2CCCO2)C(=O)c2cccc(F)c2)c1Oc1ccc(F)cc1. The molecule has 37 heavy (non-hydrogen) atoms. The second-order valence-corrected chi connectivity index (χ2v) is 9.01. The summed E-state index contributed by atoms with van der Waals surface area (Å²) in [5.41, 5.74) is 2.45. The third-order valence-corrected chi connectivity index (χ3v) is 6.32. The molecule has 1 atom stereocenters. The topological polar surface area (TPSA) is 56.6 Å². The van der Waals surface area contributed by atoms with Gasteiger partial charge in [0.1, 0.15) is 23.1 Å². The van der Waals surface area contributed by atoms with Crippen LogP contribution in [0.1, 0.15) is 28.8 Å². The van der Waals surface area contributed by atoms with Crippen LogP contribution in [-0.2, 0) is 18.3 Å². The molecule has 5 rings (SSSR count). The van der Waals surface area contributed by atoms with Crippen molar-refractivity contribution in [3.05, 3.63) is 102 Å². The van der Waals surface area contributed by atoms with Gasteiger partial charge in [-0.1, -0.05) is 36.4 Å². The molecule has 190 valence electrons. The van der Waals surface area contributed by atoms with Crippen molar-refractivity contribution in [2.75, 3.05) is 13.2 Å². The Morgan fingerprint density at radius 1 is 1.05 bits per heavy atom. The van der Waals surface area contributed by atoms with Crippen LogP contribution in [0.3, 0.4) is 0 Å². The lowest BCUT2D eigenvalue weighted by molar-refractivity contribution is 0.0506. The summed E-state index contributed by atoms with van der Waals surface area (Å²) in [6, 6.07) is 21.0. The van der Waals surface area contributed by atoms with Gasteiger partial charge in [-0.05, 0) is 55.3 Å². The minimum atomic E-state index is -0.477. The molecule has 0 radical (unpaired) electrons. The largest absolute Gasteiger partial charge is 0.439 e. The van der Waals surface area contributed by atoms with Crippen molar-refractivity contribution in [3.8, 4) is 22.9 Å². The molecule has 6 nitrogen and oxygen atoms in total. The van der Waals surface area contributed by atoms with Crippen LogP contribution in [0.25, 0.3) is 11.3 Å². The smallest absolute Gasteiger partial charge is 0.254 e. The number of carbonyl (C=O) groups excluding carboxylic acids is 1. The van der Waals surface area contributed by atoms with E-state index in [1.54, 1.807) is 22.7 Å². The molecule has 0 N–H and O–H groups in total. The van der Waals surface area contributed by atoms with E-state index in [0.717, 1.165) is 18.4 Å². The standard InChI is InChI=1S/C29H27F2N3O3/c1-33-29(37-24-14-12-22(30)13-15-24)26(27(32-33)20-7-3-2-4-8-20)19-34(18-25-11-6-16-36-25)28(35)21-9-5-10-23(31)17-21/h2-5,7-10,12-15,17,25H,6,11,16,18-19H2,1H3/t25-/m1/s1. The fourth-order valence-electron chi connectivity index (χ4n) is 4.51. The van der Waals surface area contributed by atoms with Crippen LogP contribution in [-0.4, -0.2) is 39.8 Å². The van der Waals surface area contributed by atoms with Crippen LogP contribution in [0.2, 0.25) is 0 Å². The maximum Gasteiger partial charge on any atom is 0.254 e. The van der Waals surface area contributed by atoms with Crippen LogP contribution in [0.15, 0.2) is 78.9 Å². The van der Waals surface area contributed by atoms with Crippen molar-refractivity contribution in [1.29, 1.82) is 0 Å². The van der Waals surface area contributed by atoms with Crippen molar-refractivity contribution in [3.63, 3.8) is 0 Å². The minimum absolute atomic E-state index is 0.115. The molecule has 1 aliphatic heterocycles. The van der Waals surface area contributed by atoms with Gasteiger partial charge >= 0.3 is 0 Å². The van der Waals surface area contributed by atoms with Crippen LogP contribution < -0.4 is 4.74 Å². The highest BCUT2D eigenvalue weighted by atomic mass is 19.1. The minimum Gasteiger partial charge on any atom is -0.439 e. The molecule has 0 spiro atoms. The quantitative estimate of drug-likeness (QED) is 0.297. The van der Waals surface area contributed by atoms with Gasteiger partial charge in [0.25, 0.3) is 5.91 Å². The molecule has 0 aliphatic carbocycles. The molecule has 4 aromatic rings. The van der Waals surface area contributed by atoms with Crippen LogP contribution in [0.4, 0.5) is 8.78 Å². The Bertz CT molecular complexity index is 1370. The van der Waals surface area contributed by atoms with Gasteiger partial charge < -0.3 is 14.4 Å². The summed E-state index contributed by atoms with van der Waals surface area (Å²) in [6.07, 6.45) is 1.65. The summed E-state index contributed by atoms with van der Waals surface area (Å²) in [7, 11) is 1.76. The van der Waals surface area contributed by atoms with E-state index in [-0.39, 0.29) is 29.9 Å². The Hall–Kier alpha value is -4.04. The van der Waals surface area contributed by atoms with Gasteiger partial charge in [0.15, 0.2) is 0 Å². The molecule has 0 saturated carbocycles. The molecule has 1 aromatic heterocycles. The zero-order chi connectivity index (χ0) is 25.8. The highest BCUT2D eigenvalue weighted by Crippen LogP contribution is 2.35. The summed E-state index contributed by atoms with van der Waals surface area (Å²) in [6.45, 7) is 1.14. The molecule has 8 heteroatoms. The maximum atomic E-state index is 14.0. The number of nitrogens with zero attached hydrogens (tertiary/aromatic N) is 3. The van der Waals surface area contributed by atoms with Gasteiger partial charge in [-0.15, -0.1) is 0 Å². The summed E-state index contributed by atoms with van der Waals surface area (Å²) in [5.74, 6) is -0.298. The lowest BCUT2D eigenvalue weighted by atomic mass is 10.1. The van der Waals surface area contributed by atoms with Gasteiger partial charge in [0.2, 0.25) is 5.88 Å². The lowest BCUT2D eigenvalue weighted by Crippen LogP contribution is -2.37. The fraction of sp³-hybridized carbons (Fsp3) is 0.241. The van der Waals surface area contributed by atoms with E-state index in [2.05, 4.69) is 0 Å². The first-order valence-corrected chi connectivity index (χ1v) is 12.2. The lowest BCUT2D eigenvalue weighted by Gasteiger charge is -2.26. The van der Waals surface area contributed by atoms with Gasteiger partial charge in [-0.25, -0.2) is 13.5 Å². The van der Waals surface area contributed by atoms with Gasteiger partial charge in [0, 0.05) is 31.3 Å². The van der Waals surface area contributed by atoms with Crippen molar-refractivity contribution in [1.82, 2.24) is 14.7 Å². The molecule has 0 bridgehead atoms. The van der Waals surface area contributed by atoms with Crippen molar-refractivity contribution >= 4 is 5.91 Å². The molecule has 1 saturated heterocycles. The molecule has 1 amide bonds. The number of benzene rings is 3. The number of carbonyl (C=O) groups is 1. The molecule has 1 fully saturated rings. The van der Waals surface area contributed by atoms with Crippen molar-refractivity contribution < 1.29 is 23.0 Å². The Morgan fingerprint density at radius 2 is 1.84 bits per heavy atom. The predicted octanol–water partition coefficient (Wildman–Crippen LogP) is 5.98. The summed E-state index contributed by atoms with van der Waals surface area (Å²) in [5, 5.41) is 4.71. The predicted molar refractivity (Wildman–Crippen MR) is 135 cm³/mol. The summed E-state index contributed by atoms with van der Waals surface area (Å²) >= 11 is 0. The van der Waals surface area contributed by atoms with Gasteiger partial charge in [0.05, 0.1) is 18.2 Å². The number of hydrogen-bond acceptors (Lipinski definition) is 4. The number of hydrogen-bond donors (Lipinski definition) is 0. The van der Waals surface area contributed by atoms with Gasteiger partial charge in [-0.2, -0.15) is 5.10 Å². The zero-order valence-electron chi connectivity index (χ0n) is 20.4. The van der Waals surface area contributed by atoms with E-state index >= 15 is 0 Å². The Morgan fingerprint density at radius 3 is 2.54 bits per heavy atom. The number of ether oxygens (including phenoxy) is 2. The number of amides is 1. The zero-order valence-corrected chi connectivity index (χ0v) is 20.4. The second-order valence-electron chi connectivity index (χ2n) is 9.01. The molecular weight excluding hydrogens is 476 g/mol. The first kappa shape index (κ1) is 24.6. The van der Waals surface area contributed by atoms with Crippen molar-refractivity contribution in [2.45, 2.75) is 25.5 Å². The third kappa shape index (κ3) is 5.70. The number of halogens is 2. The number of aromatic nitrogens is 2. The molecule has 1 aliphatic rings. The average molecular weight is 504 g/mol. The first-order valence-electron chi connectivity index (χ1n) is 12.2. The van der Waals surface area contributed by atoms with E-state index in [9.17, 15) is 13.6 Å². The van der Waals surface area contributed by atoms with Gasteiger partial charge in [-0.3, -0.25) is 4.79 Å². The van der Waals surface area contributed by atoms with Crippen LogP contribution in [0.5, 0.6) is 11.6 Å². The maximum absolute atomic E-state index is 14.0. The second kappa shape index (κ2) is 10.9. The van der Waals surface area contributed by atoms with Crippen LogP contribution in [0, 0.1) is 11.6 Å². The molecule has 0 unspecified atom stereocenters.